The van der Waals surface area contributed by atoms with E-state index < -0.39 is 11.9 Å². The van der Waals surface area contributed by atoms with E-state index in [-0.39, 0.29) is 17.7 Å². The fraction of sp³-hybridized carbons (Fsp3) is 0.481. The number of benzene rings is 2. The van der Waals surface area contributed by atoms with Crippen molar-refractivity contribution in [2.45, 2.75) is 77.7 Å². The molecular weight excluding hydrogens is 468 g/mol. The summed E-state index contributed by atoms with van der Waals surface area (Å²) in [5.74, 6) is -1.01. The number of hydrogen-bond donors (Lipinski definition) is 0. The third-order valence-corrected chi connectivity index (χ3v) is 5.85. The summed E-state index contributed by atoms with van der Waals surface area (Å²) < 4.78 is 11.7. The number of halogens is 1. The largest absolute Gasteiger partial charge is 0.462 e. The number of ether oxygens (including phenoxy) is 2. The summed E-state index contributed by atoms with van der Waals surface area (Å²) in [6.07, 6.45) is 12.3. The fourth-order valence-electron chi connectivity index (χ4n) is 3.52. The first-order valence-corrected chi connectivity index (χ1v) is 12.6. The Morgan fingerprint density at radius 2 is 1.28 bits per heavy atom. The van der Waals surface area contributed by atoms with E-state index in [1.165, 1.54) is 51.4 Å². The van der Waals surface area contributed by atoms with E-state index in [2.05, 4.69) is 22.9 Å². The Morgan fingerprint density at radius 1 is 0.719 bits per heavy atom. The van der Waals surface area contributed by atoms with Crippen molar-refractivity contribution >= 4 is 27.9 Å². The van der Waals surface area contributed by atoms with Crippen LogP contribution in [0.4, 0.5) is 0 Å². The fourth-order valence-corrected chi connectivity index (χ4v) is 3.97. The van der Waals surface area contributed by atoms with Gasteiger partial charge in [-0.3, -0.25) is 0 Å². The molecule has 174 valence electrons. The SMILES string of the molecule is CCCCCCCCCCCCOC(=O)c1ccccc1C(=O)OCc1cccc(Br)c1. The second-order valence-electron chi connectivity index (χ2n) is 8.07. The second kappa shape index (κ2) is 15.6. The summed E-state index contributed by atoms with van der Waals surface area (Å²) in [5, 5.41) is 0. The maximum Gasteiger partial charge on any atom is 0.339 e. The van der Waals surface area contributed by atoms with Gasteiger partial charge in [0.25, 0.3) is 0 Å². The molecule has 2 aromatic carbocycles. The summed E-state index contributed by atoms with van der Waals surface area (Å²) in [6.45, 7) is 2.75. The molecule has 0 spiro atoms. The third kappa shape index (κ3) is 9.99. The normalized spacial score (nSPS) is 10.7. The first-order chi connectivity index (χ1) is 15.6. The van der Waals surface area contributed by atoms with E-state index >= 15 is 0 Å². The highest BCUT2D eigenvalue weighted by Crippen LogP contribution is 2.16. The molecule has 0 radical (unpaired) electrons. The van der Waals surface area contributed by atoms with Crippen molar-refractivity contribution in [3.63, 3.8) is 0 Å². The molecule has 0 aliphatic heterocycles. The molecule has 0 heterocycles. The minimum absolute atomic E-state index is 0.139. The first kappa shape index (κ1) is 26.1. The first-order valence-electron chi connectivity index (χ1n) is 11.8. The maximum atomic E-state index is 12.5. The Morgan fingerprint density at radius 3 is 1.88 bits per heavy atom. The molecule has 0 unspecified atom stereocenters. The molecule has 0 saturated heterocycles. The standard InChI is InChI=1S/C27H35BrO4/c1-2-3-4-5-6-7-8-9-10-13-19-31-26(29)24-17-11-12-18-25(24)27(30)32-21-22-15-14-16-23(28)20-22/h11-12,14-18,20H,2-10,13,19,21H2,1H3. The molecule has 0 saturated carbocycles. The van der Waals surface area contributed by atoms with Crippen LogP contribution in [0.2, 0.25) is 0 Å². The Hall–Kier alpha value is -2.14. The molecular formula is C27H35BrO4. The number of carbonyl (C=O) groups excluding carboxylic acids is 2. The number of rotatable bonds is 15. The molecule has 4 nitrogen and oxygen atoms in total. The van der Waals surface area contributed by atoms with Gasteiger partial charge in [-0.1, -0.05) is 105 Å². The van der Waals surface area contributed by atoms with Crippen molar-refractivity contribution in [3.8, 4) is 0 Å². The van der Waals surface area contributed by atoms with Gasteiger partial charge in [-0.25, -0.2) is 9.59 Å². The molecule has 5 heteroatoms. The van der Waals surface area contributed by atoms with Crippen LogP contribution in [0.3, 0.4) is 0 Å². The van der Waals surface area contributed by atoms with Gasteiger partial charge in [0.2, 0.25) is 0 Å². The Bertz CT molecular complexity index is 834. The summed E-state index contributed by atoms with van der Waals surface area (Å²) in [6, 6.07) is 14.2. The number of unbranched alkanes of at least 4 members (excludes halogenated alkanes) is 9. The smallest absolute Gasteiger partial charge is 0.339 e. The highest BCUT2D eigenvalue weighted by molar-refractivity contribution is 9.10. The van der Waals surface area contributed by atoms with Gasteiger partial charge in [-0.2, -0.15) is 0 Å². The minimum Gasteiger partial charge on any atom is -0.462 e. The number of hydrogen-bond acceptors (Lipinski definition) is 4. The van der Waals surface area contributed by atoms with Crippen molar-refractivity contribution in [2.24, 2.45) is 0 Å². The molecule has 2 rings (SSSR count). The van der Waals surface area contributed by atoms with Crippen LogP contribution in [0, 0.1) is 0 Å². The van der Waals surface area contributed by atoms with Gasteiger partial charge in [-0.05, 0) is 36.2 Å². The van der Waals surface area contributed by atoms with Gasteiger partial charge in [0.05, 0.1) is 17.7 Å². The average molecular weight is 503 g/mol. The van der Waals surface area contributed by atoms with Crippen LogP contribution >= 0.6 is 15.9 Å². The minimum atomic E-state index is -0.531. The lowest BCUT2D eigenvalue weighted by Crippen LogP contribution is -2.14. The van der Waals surface area contributed by atoms with Gasteiger partial charge in [-0.15, -0.1) is 0 Å². The van der Waals surface area contributed by atoms with Crippen molar-refractivity contribution in [1.29, 1.82) is 0 Å². The predicted molar refractivity (Wildman–Crippen MR) is 132 cm³/mol. The lowest BCUT2D eigenvalue weighted by Gasteiger charge is -2.10. The van der Waals surface area contributed by atoms with Crippen LogP contribution in [0.5, 0.6) is 0 Å². The zero-order valence-corrected chi connectivity index (χ0v) is 20.7. The highest BCUT2D eigenvalue weighted by atomic mass is 79.9. The van der Waals surface area contributed by atoms with Gasteiger partial charge in [0, 0.05) is 4.47 Å². The molecule has 0 amide bonds. The van der Waals surface area contributed by atoms with Crippen LogP contribution in [-0.4, -0.2) is 18.5 Å². The van der Waals surface area contributed by atoms with Crippen LogP contribution in [-0.2, 0) is 16.1 Å². The Kier molecular flexibility index (Phi) is 12.8. The van der Waals surface area contributed by atoms with Crippen molar-refractivity contribution in [1.82, 2.24) is 0 Å². The summed E-state index contributed by atoms with van der Waals surface area (Å²) in [7, 11) is 0. The van der Waals surface area contributed by atoms with E-state index in [4.69, 9.17) is 9.47 Å². The maximum absolute atomic E-state index is 12.5. The van der Waals surface area contributed by atoms with Crippen LogP contribution < -0.4 is 0 Å². The highest BCUT2D eigenvalue weighted by Gasteiger charge is 2.19. The number of esters is 2. The van der Waals surface area contributed by atoms with Crippen LogP contribution in [0.1, 0.15) is 97.4 Å². The second-order valence-corrected chi connectivity index (χ2v) is 8.99. The van der Waals surface area contributed by atoms with E-state index in [0.29, 0.717) is 6.61 Å². The number of carbonyl (C=O) groups is 2. The average Bonchev–Trinajstić information content (AvgIpc) is 2.81. The molecule has 32 heavy (non-hydrogen) atoms. The molecule has 0 aliphatic carbocycles. The topological polar surface area (TPSA) is 52.6 Å². The zero-order valence-electron chi connectivity index (χ0n) is 19.1. The summed E-state index contributed by atoms with van der Waals surface area (Å²) >= 11 is 3.40. The summed E-state index contributed by atoms with van der Waals surface area (Å²) in [4.78, 5) is 25.1. The molecule has 2 aromatic rings. The van der Waals surface area contributed by atoms with Gasteiger partial charge >= 0.3 is 11.9 Å². The van der Waals surface area contributed by atoms with Gasteiger partial charge in [0.15, 0.2) is 0 Å². The Labute approximate surface area is 200 Å². The van der Waals surface area contributed by atoms with E-state index in [1.807, 2.05) is 24.3 Å². The monoisotopic (exact) mass is 502 g/mol. The molecule has 0 N–H and O–H groups in total. The van der Waals surface area contributed by atoms with Crippen molar-refractivity contribution in [3.05, 3.63) is 69.7 Å². The molecule has 0 bridgehead atoms. The quantitative estimate of drug-likeness (QED) is 0.183. The predicted octanol–water partition coefficient (Wildman–Crippen LogP) is 7.88. The van der Waals surface area contributed by atoms with E-state index in [9.17, 15) is 9.59 Å². The van der Waals surface area contributed by atoms with Crippen LogP contribution in [0.25, 0.3) is 0 Å². The van der Waals surface area contributed by atoms with Crippen molar-refractivity contribution < 1.29 is 19.1 Å². The third-order valence-electron chi connectivity index (χ3n) is 5.36. The zero-order chi connectivity index (χ0) is 23.0. The lowest BCUT2D eigenvalue weighted by molar-refractivity contribution is 0.0436. The molecule has 0 aliphatic rings. The lowest BCUT2D eigenvalue weighted by atomic mass is 10.1. The van der Waals surface area contributed by atoms with E-state index in [1.54, 1.807) is 24.3 Å². The summed E-state index contributed by atoms with van der Waals surface area (Å²) in [5.41, 5.74) is 1.35. The van der Waals surface area contributed by atoms with Crippen LogP contribution in [0.15, 0.2) is 53.0 Å². The van der Waals surface area contributed by atoms with Gasteiger partial charge < -0.3 is 9.47 Å². The molecule has 0 fully saturated rings. The van der Waals surface area contributed by atoms with Gasteiger partial charge in [0.1, 0.15) is 6.61 Å². The van der Waals surface area contributed by atoms with Crippen molar-refractivity contribution in [2.75, 3.05) is 6.61 Å². The molecule has 0 aromatic heterocycles. The molecule has 0 atom stereocenters. The van der Waals surface area contributed by atoms with E-state index in [0.717, 1.165) is 22.9 Å². The Balaban J connectivity index is 1.69.